The third-order valence-corrected chi connectivity index (χ3v) is 5.29. The van der Waals surface area contributed by atoms with Crippen molar-refractivity contribution in [3.8, 4) is 0 Å². The molecule has 1 N–H and O–H groups in total. The van der Waals surface area contributed by atoms with Gasteiger partial charge in [0.15, 0.2) is 5.65 Å². The van der Waals surface area contributed by atoms with E-state index in [2.05, 4.69) is 43.1 Å². The van der Waals surface area contributed by atoms with E-state index >= 15 is 0 Å². The van der Waals surface area contributed by atoms with E-state index in [1.165, 1.54) is 12.8 Å². The summed E-state index contributed by atoms with van der Waals surface area (Å²) in [6.07, 6.45) is 6.23. The fourth-order valence-corrected chi connectivity index (χ4v) is 3.54. The van der Waals surface area contributed by atoms with Gasteiger partial charge in [0.25, 0.3) is 5.91 Å². The number of carbonyl (C=O) groups is 1. The number of rotatable bonds is 3. The van der Waals surface area contributed by atoms with Gasteiger partial charge in [-0.25, -0.2) is 9.67 Å². The van der Waals surface area contributed by atoms with Gasteiger partial charge in [0.05, 0.1) is 17.5 Å². The Morgan fingerprint density at radius 3 is 2.67 bits per heavy atom. The van der Waals surface area contributed by atoms with Crippen molar-refractivity contribution in [3.63, 3.8) is 0 Å². The van der Waals surface area contributed by atoms with Gasteiger partial charge in [0.2, 0.25) is 0 Å². The zero-order valence-electron chi connectivity index (χ0n) is 15.4. The molecule has 2 heterocycles. The molecule has 0 aromatic carbocycles. The van der Waals surface area contributed by atoms with Crippen molar-refractivity contribution in [1.29, 1.82) is 0 Å². The number of amides is 1. The second kappa shape index (κ2) is 6.19. The molecule has 1 aliphatic carbocycles. The van der Waals surface area contributed by atoms with Crippen LogP contribution in [-0.2, 0) is 0 Å². The molecule has 2 aromatic rings. The number of hydrogen-bond acceptors (Lipinski definition) is 3. The van der Waals surface area contributed by atoms with Crippen LogP contribution in [0.1, 0.15) is 75.5 Å². The Morgan fingerprint density at radius 2 is 2.04 bits per heavy atom. The average Bonchev–Trinajstić information content (AvgIpc) is 2.92. The van der Waals surface area contributed by atoms with Crippen LogP contribution in [0.3, 0.4) is 0 Å². The highest BCUT2D eigenvalue weighted by Crippen LogP contribution is 2.32. The smallest absolute Gasteiger partial charge is 0.253 e. The first-order chi connectivity index (χ1) is 11.3. The minimum Gasteiger partial charge on any atom is -0.347 e. The number of aryl methyl sites for hydroxylation is 1. The highest BCUT2D eigenvalue weighted by atomic mass is 16.1. The van der Waals surface area contributed by atoms with Crippen LogP contribution >= 0.6 is 0 Å². The zero-order valence-corrected chi connectivity index (χ0v) is 15.4. The van der Waals surface area contributed by atoms with E-state index in [0.717, 1.165) is 35.5 Å². The number of aromatic nitrogens is 3. The molecule has 0 unspecified atom stereocenters. The van der Waals surface area contributed by atoms with Gasteiger partial charge in [-0.15, -0.1) is 0 Å². The summed E-state index contributed by atoms with van der Waals surface area (Å²) in [6.45, 7) is 10.5. The van der Waals surface area contributed by atoms with Crippen molar-refractivity contribution in [2.75, 3.05) is 0 Å². The monoisotopic (exact) mass is 328 g/mol. The van der Waals surface area contributed by atoms with Crippen LogP contribution in [-0.4, -0.2) is 26.2 Å². The second-order valence-electron chi connectivity index (χ2n) is 7.91. The molecule has 1 amide bonds. The van der Waals surface area contributed by atoms with Crippen molar-refractivity contribution in [1.82, 2.24) is 20.1 Å². The fourth-order valence-electron chi connectivity index (χ4n) is 3.54. The van der Waals surface area contributed by atoms with Gasteiger partial charge in [0, 0.05) is 17.0 Å². The molecule has 5 heteroatoms. The predicted molar refractivity (Wildman–Crippen MR) is 96.2 cm³/mol. The standard InChI is InChI=1S/C19H28N4O/c1-12(2)23-17-15(11-20-23)10-16(14(4)21-17)18(24)22-19(5)8-6-13(3)7-9-19/h10-13H,6-9H2,1-5H3,(H,22,24). The van der Waals surface area contributed by atoms with Crippen LogP contribution in [0.5, 0.6) is 0 Å². The fraction of sp³-hybridized carbons (Fsp3) is 0.632. The second-order valence-corrected chi connectivity index (χ2v) is 7.91. The third kappa shape index (κ3) is 3.17. The molecule has 1 fully saturated rings. The molecule has 0 saturated heterocycles. The van der Waals surface area contributed by atoms with Gasteiger partial charge in [-0.3, -0.25) is 4.79 Å². The normalized spacial score (nSPS) is 24.5. The maximum atomic E-state index is 12.8. The van der Waals surface area contributed by atoms with Crippen molar-refractivity contribution >= 4 is 16.9 Å². The molecule has 5 nitrogen and oxygen atoms in total. The molecule has 0 radical (unpaired) electrons. The molecule has 2 aromatic heterocycles. The Kier molecular flexibility index (Phi) is 4.37. The molecule has 1 saturated carbocycles. The quantitative estimate of drug-likeness (QED) is 0.926. The Hall–Kier alpha value is -1.91. The van der Waals surface area contributed by atoms with E-state index in [9.17, 15) is 4.79 Å². The first-order valence-corrected chi connectivity index (χ1v) is 8.96. The Labute approximate surface area is 143 Å². The number of nitrogens with zero attached hydrogens (tertiary/aromatic N) is 3. The van der Waals surface area contributed by atoms with E-state index in [1.54, 1.807) is 6.20 Å². The Balaban J connectivity index is 1.86. The lowest BCUT2D eigenvalue weighted by Gasteiger charge is -2.37. The third-order valence-electron chi connectivity index (χ3n) is 5.29. The topological polar surface area (TPSA) is 59.8 Å². The highest BCUT2D eigenvalue weighted by molar-refractivity contribution is 5.98. The van der Waals surface area contributed by atoms with Crippen LogP contribution < -0.4 is 5.32 Å². The predicted octanol–water partition coefficient (Wildman–Crippen LogP) is 4.02. The summed E-state index contributed by atoms with van der Waals surface area (Å²) < 4.78 is 1.90. The van der Waals surface area contributed by atoms with Gasteiger partial charge in [0.1, 0.15) is 0 Å². The van der Waals surface area contributed by atoms with E-state index in [-0.39, 0.29) is 17.5 Å². The molecule has 0 bridgehead atoms. The summed E-state index contributed by atoms with van der Waals surface area (Å²) in [6, 6.07) is 2.17. The lowest BCUT2D eigenvalue weighted by Crippen LogP contribution is -2.48. The number of hydrogen-bond donors (Lipinski definition) is 1. The number of carbonyl (C=O) groups excluding carboxylic acids is 1. The number of nitrogens with one attached hydrogen (secondary N) is 1. The van der Waals surface area contributed by atoms with Gasteiger partial charge in [-0.05, 0) is 65.4 Å². The summed E-state index contributed by atoms with van der Waals surface area (Å²) in [5.74, 6) is 0.743. The molecule has 130 valence electrons. The van der Waals surface area contributed by atoms with Crippen LogP contribution in [0.15, 0.2) is 12.3 Å². The number of fused-ring (bicyclic) bond motifs is 1. The zero-order chi connectivity index (χ0) is 17.5. The molecule has 1 aliphatic rings. The summed E-state index contributed by atoms with van der Waals surface area (Å²) >= 11 is 0. The lowest BCUT2D eigenvalue weighted by molar-refractivity contribution is 0.0869. The number of pyridine rings is 1. The van der Waals surface area contributed by atoms with E-state index in [0.29, 0.717) is 5.56 Å². The van der Waals surface area contributed by atoms with Crippen LogP contribution in [0.25, 0.3) is 11.0 Å². The molecule has 24 heavy (non-hydrogen) atoms. The van der Waals surface area contributed by atoms with Crippen LogP contribution in [0, 0.1) is 12.8 Å². The van der Waals surface area contributed by atoms with Gasteiger partial charge in [-0.2, -0.15) is 5.10 Å². The van der Waals surface area contributed by atoms with Crippen LogP contribution in [0.4, 0.5) is 0 Å². The van der Waals surface area contributed by atoms with Gasteiger partial charge >= 0.3 is 0 Å². The maximum Gasteiger partial charge on any atom is 0.253 e. The molecule has 0 aliphatic heterocycles. The summed E-state index contributed by atoms with van der Waals surface area (Å²) in [7, 11) is 0. The van der Waals surface area contributed by atoms with Gasteiger partial charge < -0.3 is 5.32 Å². The first kappa shape index (κ1) is 16.9. The highest BCUT2D eigenvalue weighted by Gasteiger charge is 2.31. The molecular formula is C19H28N4O. The Bertz CT molecular complexity index is 754. The maximum absolute atomic E-state index is 12.8. The van der Waals surface area contributed by atoms with E-state index in [1.807, 2.05) is 17.7 Å². The molecule has 3 rings (SSSR count). The minimum absolute atomic E-state index is 0.0174. The summed E-state index contributed by atoms with van der Waals surface area (Å²) in [4.78, 5) is 17.5. The van der Waals surface area contributed by atoms with E-state index < -0.39 is 0 Å². The van der Waals surface area contributed by atoms with Crippen molar-refractivity contribution in [3.05, 3.63) is 23.5 Å². The van der Waals surface area contributed by atoms with Crippen molar-refractivity contribution in [2.45, 2.75) is 71.9 Å². The van der Waals surface area contributed by atoms with Crippen molar-refractivity contribution < 1.29 is 4.79 Å². The van der Waals surface area contributed by atoms with E-state index in [4.69, 9.17) is 0 Å². The molecule has 0 atom stereocenters. The van der Waals surface area contributed by atoms with Crippen LogP contribution in [0.2, 0.25) is 0 Å². The van der Waals surface area contributed by atoms with Gasteiger partial charge in [-0.1, -0.05) is 6.92 Å². The average molecular weight is 328 g/mol. The van der Waals surface area contributed by atoms with Crippen molar-refractivity contribution in [2.24, 2.45) is 5.92 Å². The molecule has 0 spiro atoms. The summed E-state index contributed by atoms with van der Waals surface area (Å²) in [5, 5.41) is 8.58. The SMILES string of the molecule is Cc1nc2c(cnn2C(C)C)cc1C(=O)NC1(C)CCC(C)CC1. The lowest BCUT2D eigenvalue weighted by atomic mass is 9.78. The Morgan fingerprint density at radius 1 is 1.38 bits per heavy atom. The molecular weight excluding hydrogens is 300 g/mol. The summed E-state index contributed by atoms with van der Waals surface area (Å²) in [5.41, 5.74) is 2.16. The minimum atomic E-state index is -0.104. The largest absolute Gasteiger partial charge is 0.347 e. The first-order valence-electron chi connectivity index (χ1n) is 8.96.